The van der Waals surface area contributed by atoms with Gasteiger partial charge in [0.15, 0.2) is 0 Å². The molecule has 0 aromatic heterocycles. The fourth-order valence-electron chi connectivity index (χ4n) is 3.46. The lowest BCUT2D eigenvalue weighted by Crippen LogP contribution is -2.50. The summed E-state index contributed by atoms with van der Waals surface area (Å²) < 4.78 is 26.7. The van der Waals surface area contributed by atoms with E-state index in [2.05, 4.69) is 9.80 Å². The number of halogens is 2. The number of piperazine rings is 1. The molecule has 2 N–H and O–H groups in total. The van der Waals surface area contributed by atoms with E-state index in [-0.39, 0.29) is 24.3 Å². The second-order valence-electron chi connectivity index (χ2n) is 6.68. The molecule has 1 saturated heterocycles. The third-order valence-corrected chi connectivity index (χ3v) is 4.82. The molecule has 6 heteroatoms. The van der Waals surface area contributed by atoms with Gasteiger partial charge in [0.1, 0.15) is 11.6 Å². The van der Waals surface area contributed by atoms with E-state index in [4.69, 9.17) is 5.11 Å². The predicted octanol–water partition coefficient (Wildman–Crippen LogP) is 2.02. The number of benzene rings is 2. The first-order valence-corrected chi connectivity index (χ1v) is 8.83. The van der Waals surface area contributed by atoms with Crippen LogP contribution in [0.2, 0.25) is 0 Å². The van der Waals surface area contributed by atoms with Gasteiger partial charge in [0.2, 0.25) is 0 Å². The highest BCUT2D eigenvalue weighted by molar-refractivity contribution is 5.32. The first kappa shape index (κ1) is 18.9. The molecule has 1 aliphatic rings. The van der Waals surface area contributed by atoms with Crippen molar-refractivity contribution in [2.24, 2.45) is 0 Å². The quantitative estimate of drug-likeness (QED) is 0.826. The van der Waals surface area contributed by atoms with Crippen LogP contribution in [0.1, 0.15) is 17.2 Å². The second kappa shape index (κ2) is 8.68. The van der Waals surface area contributed by atoms with Gasteiger partial charge >= 0.3 is 0 Å². The van der Waals surface area contributed by atoms with Crippen LogP contribution in [-0.2, 0) is 0 Å². The normalized spacial score (nSPS) is 17.6. The zero-order valence-electron chi connectivity index (χ0n) is 14.6. The highest BCUT2D eigenvalue weighted by Gasteiger charge is 2.27. The Morgan fingerprint density at radius 2 is 1.27 bits per heavy atom. The van der Waals surface area contributed by atoms with Crippen LogP contribution in [0, 0.1) is 11.6 Å². The van der Waals surface area contributed by atoms with Gasteiger partial charge in [0.05, 0.1) is 18.8 Å². The number of β-amino-alcohol motifs (C(OH)–C–C–N with tert-alkyl or cyclic N) is 1. The standard InChI is InChI=1S/C20H24F2N2O2/c21-17-5-1-15(2-6-17)20(16-3-7-18(22)8-4-16)24-11-9-23(10-12-24)13-19(26)14-25/h1-8,19-20,25-26H,9-14H2. The molecular weight excluding hydrogens is 338 g/mol. The zero-order chi connectivity index (χ0) is 18.5. The van der Waals surface area contributed by atoms with Crippen LogP contribution in [0.25, 0.3) is 0 Å². The van der Waals surface area contributed by atoms with Crippen molar-refractivity contribution < 1.29 is 19.0 Å². The van der Waals surface area contributed by atoms with E-state index in [0.717, 1.165) is 37.3 Å². The maximum Gasteiger partial charge on any atom is 0.123 e. The average Bonchev–Trinajstić information content (AvgIpc) is 2.66. The number of rotatable bonds is 6. The van der Waals surface area contributed by atoms with Gasteiger partial charge in [-0.2, -0.15) is 0 Å². The van der Waals surface area contributed by atoms with Crippen molar-refractivity contribution in [1.29, 1.82) is 0 Å². The molecule has 1 heterocycles. The molecule has 0 radical (unpaired) electrons. The van der Waals surface area contributed by atoms with E-state index in [9.17, 15) is 13.9 Å². The molecule has 26 heavy (non-hydrogen) atoms. The molecule has 1 unspecified atom stereocenters. The summed E-state index contributed by atoms with van der Waals surface area (Å²) in [5, 5.41) is 18.6. The molecule has 1 atom stereocenters. The monoisotopic (exact) mass is 362 g/mol. The summed E-state index contributed by atoms with van der Waals surface area (Å²) in [6, 6.07) is 12.8. The molecule has 4 nitrogen and oxygen atoms in total. The van der Waals surface area contributed by atoms with Crippen LogP contribution in [-0.4, -0.2) is 65.4 Å². The molecule has 140 valence electrons. The van der Waals surface area contributed by atoms with Gasteiger partial charge in [-0.1, -0.05) is 24.3 Å². The van der Waals surface area contributed by atoms with E-state index in [0.29, 0.717) is 6.54 Å². The van der Waals surface area contributed by atoms with Crippen LogP contribution >= 0.6 is 0 Å². The minimum absolute atomic E-state index is 0.0823. The van der Waals surface area contributed by atoms with Crippen LogP contribution in [0.15, 0.2) is 48.5 Å². The lowest BCUT2D eigenvalue weighted by Gasteiger charge is -2.40. The van der Waals surface area contributed by atoms with Crippen LogP contribution in [0.4, 0.5) is 8.78 Å². The summed E-state index contributed by atoms with van der Waals surface area (Å²) in [6.07, 6.45) is -0.730. The number of aliphatic hydroxyl groups is 2. The predicted molar refractivity (Wildman–Crippen MR) is 95.7 cm³/mol. The molecule has 0 bridgehead atoms. The summed E-state index contributed by atoms with van der Waals surface area (Å²) in [6.45, 7) is 3.25. The van der Waals surface area contributed by atoms with Crippen LogP contribution in [0.5, 0.6) is 0 Å². The molecule has 2 aromatic carbocycles. The van der Waals surface area contributed by atoms with Crippen molar-refractivity contribution >= 4 is 0 Å². The first-order chi connectivity index (χ1) is 12.6. The lowest BCUT2D eigenvalue weighted by atomic mass is 9.96. The molecule has 1 aliphatic heterocycles. The lowest BCUT2D eigenvalue weighted by molar-refractivity contribution is 0.0343. The smallest absolute Gasteiger partial charge is 0.123 e. The third-order valence-electron chi connectivity index (χ3n) is 4.82. The van der Waals surface area contributed by atoms with Crippen molar-refractivity contribution in [3.05, 3.63) is 71.3 Å². The Labute approximate surface area is 152 Å². The van der Waals surface area contributed by atoms with Gasteiger partial charge in [-0.3, -0.25) is 9.80 Å². The highest BCUT2D eigenvalue weighted by Crippen LogP contribution is 2.30. The molecule has 0 spiro atoms. The Bertz CT molecular complexity index is 640. The Balaban J connectivity index is 1.78. The largest absolute Gasteiger partial charge is 0.394 e. The van der Waals surface area contributed by atoms with Crippen molar-refractivity contribution in [1.82, 2.24) is 9.80 Å². The highest BCUT2D eigenvalue weighted by atomic mass is 19.1. The number of aliphatic hydroxyl groups excluding tert-OH is 2. The first-order valence-electron chi connectivity index (χ1n) is 8.83. The van der Waals surface area contributed by atoms with Crippen molar-refractivity contribution in [2.45, 2.75) is 12.1 Å². The summed E-state index contributed by atoms with van der Waals surface area (Å²) >= 11 is 0. The van der Waals surface area contributed by atoms with E-state index < -0.39 is 6.10 Å². The second-order valence-corrected chi connectivity index (χ2v) is 6.68. The summed E-state index contributed by atoms with van der Waals surface area (Å²) in [5.74, 6) is -0.566. The van der Waals surface area contributed by atoms with Gasteiger partial charge in [0.25, 0.3) is 0 Å². The molecular formula is C20H24F2N2O2. The number of hydrogen-bond donors (Lipinski definition) is 2. The van der Waals surface area contributed by atoms with E-state index >= 15 is 0 Å². The summed E-state index contributed by atoms with van der Waals surface area (Å²) in [4.78, 5) is 4.39. The Hall–Kier alpha value is -1.86. The Morgan fingerprint density at radius 1 is 0.808 bits per heavy atom. The van der Waals surface area contributed by atoms with Gasteiger partial charge in [0, 0.05) is 32.7 Å². The Kier molecular flexibility index (Phi) is 6.32. The molecule has 1 fully saturated rings. The van der Waals surface area contributed by atoms with Gasteiger partial charge in [-0.25, -0.2) is 8.78 Å². The number of nitrogens with zero attached hydrogens (tertiary/aromatic N) is 2. The van der Waals surface area contributed by atoms with Crippen LogP contribution in [0.3, 0.4) is 0 Å². The molecule has 0 aliphatic carbocycles. The third kappa shape index (κ3) is 4.65. The maximum absolute atomic E-state index is 13.3. The van der Waals surface area contributed by atoms with Crippen molar-refractivity contribution in [3.8, 4) is 0 Å². The minimum Gasteiger partial charge on any atom is -0.394 e. The van der Waals surface area contributed by atoms with Crippen molar-refractivity contribution in [3.63, 3.8) is 0 Å². The van der Waals surface area contributed by atoms with Crippen molar-refractivity contribution in [2.75, 3.05) is 39.3 Å². The van der Waals surface area contributed by atoms with Gasteiger partial charge < -0.3 is 10.2 Å². The Morgan fingerprint density at radius 3 is 1.69 bits per heavy atom. The molecule has 3 rings (SSSR count). The molecule has 0 amide bonds. The van der Waals surface area contributed by atoms with E-state index in [1.54, 1.807) is 24.3 Å². The average molecular weight is 362 g/mol. The minimum atomic E-state index is -0.730. The van der Waals surface area contributed by atoms with E-state index in [1.807, 2.05) is 0 Å². The van der Waals surface area contributed by atoms with Gasteiger partial charge in [-0.05, 0) is 35.4 Å². The SMILES string of the molecule is OCC(O)CN1CCN(C(c2ccc(F)cc2)c2ccc(F)cc2)CC1. The maximum atomic E-state index is 13.3. The van der Waals surface area contributed by atoms with Gasteiger partial charge in [-0.15, -0.1) is 0 Å². The van der Waals surface area contributed by atoms with E-state index in [1.165, 1.54) is 24.3 Å². The number of hydrogen-bond acceptors (Lipinski definition) is 4. The zero-order valence-corrected chi connectivity index (χ0v) is 14.6. The van der Waals surface area contributed by atoms with Crippen LogP contribution < -0.4 is 0 Å². The fourth-order valence-corrected chi connectivity index (χ4v) is 3.46. The molecule has 2 aromatic rings. The molecule has 0 saturated carbocycles. The summed E-state index contributed by atoms with van der Waals surface area (Å²) in [7, 11) is 0. The summed E-state index contributed by atoms with van der Waals surface area (Å²) in [5.41, 5.74) is 1.92. The fraction of sp³-hybridized carbons (Fsp3) is 0.400. The topological polar surface area (TPSA) is 46.9 Å².